The van der Waals surface area contributed by atoms with Gasteiger partial charge in [-0.05, 0) is 59.1 Å². The zero-order chi connectivity index (χ0) is 42.0. The van der Waals surface area contributed by atoms with Crippen LogP contribution in [-0.2, 0) is 33.4 Å². The predicted octanol–water partition coefficient (Wildman–Crippen LogP) is 6.80. The third kappa shape index (κ3) is 8.69. The van der Waals surface area contributed by atoms with Crippen molar-refractivity contribution in [2.24, 2.45) is 5.92 Å². The van der Waals surface area contributed by atoms with E-state index in [1.165, 1.54) is 10.9 Å². The Morgan fingerprint density at radius 2 is 1.52 bits per heavy atom. The number of imidazole rings is 1. The Morgan fingerprint density at radius 1 is 0.948 bits per heavy atom. The number of hydrogen-bond donors (Lipinski definition) is 3. The van der Waals surface area contributed by atoms with Gasteiger partial charge in [-0.2, -0.15) is 4.98 Å². The Kier molecular flexibility index (Phi) is 12.8. The van der Waals surface area contributed by atoms with Crippen molar-refractivity contribution in [1.29, 1.82) is 0 Å². The fourth-order valence-electron chi connectivity index (χ4n) is 6.68. The first-order chi connectivity index (χ1) is 27.5. The lowest BCUT2D eigenvalue weighted by molar-refractivity contribution is -0.118. The minimum Gasteiger partial charge on any atom is -0.497 e. The van der Waals surface area contributed by atoms with Crippen LogP contribution in [0, 0.1) is 5.92 Å². The molecular weight excluding hydrogens is 782 g/mol. The van der Waals surface area contributed by atoms with Gasteiger partial charge in [-0.15, -0.1) is 0 Å². The number of aromatic nitrogens is 4. The molecule has 58 heavy (non-hydrogen) atoms. The third-order valence-corrected chi connectivity index (χ3v) is 15.8. The molecule has 1 aliphatic heterocycles. The molecule has 3 aromatic carbocycles. The van der Waals surface area contributed by atoms with E-state index in [0.29, 0.717) is 11.5 Å². The standard InChI is InChI=1S/C41H52N5O10PSi/c1-25(2)36(47)44-39-43-35-32(37(48)45-39)42-24-46(35)38-34(55-57(49)50)33(56-58(8,9)40(3,4)5)31(54-38)23-53-41(26-13-11-10-12-14-26,27-15-19-29(51-6)20-16-27)28-17-21-30(52-7)22-18-28/h10-22,24-25,31,33-34,38,57H,23H2,1-9H3,(H,49,50)(H2,43,44,45,47,48)/t31-,33?,34?,38-/m1/s1. The van der Waals surface area contributed by atoms with Gasteiger partial charge >= 0.3 is 8.25 Å². The summed E-state index contributed by atoms with van der Waals surface area (Å²) in [4.78, 5) is 47.6. The van der Waals surface area contributed by atoms with Crippen LogP contribution >= 0.6 is 8.25 Å². The zero-order valence-corrected chi connectivity index (χ0v) is 36.1. The topological polar surface area (TPSA) is 185 Å². The summed E-state index contributed by atoms with van der Waals surface area (Å²) in [5.74, 6) is 0.482. The molecule has 0 bridgehead atoms. The SMILES string of the molecule is COc1ccc(C(OC[C@H]2O[C@@H](n3cnc4c(=O)[nH]c(NC(=O)C(C)C)nc43)C(O[PH](=O)O)C2O[Si](C)(C)C(C)(C)C)(c2ccccc2)c2ccc(OC)cc2)cc1. The highest BCUT2D eigenvalue weighted by molar-refractivity contribution is 7.32. The van der Waals surface area contributed by atoms with Gasteiger partial charge in [0.15, 0.2) is 25.7 Å². The number of ether oxygens (including phenoxy) is 4. The molecule has 0 radical (unpaired) electrons. The monoisotopic (exact) mass is 833 g/mol. The van der Waals surface area contributed by atoms with E-state index in [4.69, 9.17) is 27.9 Å². The van der Waals surface area contributed by atoms with E-state index in [1.54, 1.807) is 28.1 Å². The smallest absolute Gasteiger partial charge is 0.317 e. The summed E-state index contributed by atoms with van der Waals surface area (Å²) >= 11 is 0. The molecule has 1 saturated heterocycles. The van der Waals surface area contributed by atoms with Crippen molar-refractivity contribution in [3.05, 3.63) is 112 Å². The van der Waals surface area contributed by atoms with Crippen LogP contribution in [0.4, 0.5) is 5.95 Å². The molecule has 0 aliphatic carbocycles. The molecule has 3 N–H and O–H groups in total. The van der Waals surface area contributed by atoms with Crippen LogP contribution < -0.4 is 20.3 Å². The second-order valence-corrected chi connectivity index (χ2v) is 21.5. The first-order valence-corrected chi connectivity index (χ1v) is 23.2. The highest BCUT2D eigenvalue weighted by Crippen LogP contribution is 2.47. The van der Waals surface area contributed by atoms with Crippen molar-refractivity contribution in [1.82, 2.24) is 19.5 Å². The maximum Gasteiger partial charge on any atom is 0.317 e. The third-order valence-electron chi connectivity index (χ3n) is 10.9. The molecule has 0 spiro atoms. The fraction of sp³-hybridized carbons (Fsp3) is 0.415. The highest BCUT2D eigenvalue weighted by atomic mass is 31.1. The molecule has 3 unspecified atom stereocenters. The lowest BCUT2D eigenvalue weighted by Crippen LogP contribution is -2.50. The van der Waals surface area contributed by atoms with Crippen molar-refractivity contribution < 1.29 is 42.2 Å². The van der Waals surface area contributed by atoms with Crippen molar-refractivity contribution in [2.45, 2.75) is 82.9 Å². The van der Waals surface area contributed by atoms with Crippen LogP contribution in [0.1, 0.15) is 57.5 Å². The molecule has 6 rings (SSSR count). The van der Waals surface area contributed by atoms with E-state index in [-0.39, 0.29) is 34.7 Å². The molecule has 1 fully saturated rings. The number of H-pyrrole nitrogens is 1. The van der Waals surface area contributed by atoms with E-state index in [9.17, 15) is 19.0 Å². The molecule has 5 atom stereocenters. The lowest BCUT2D eigenvalue weighted by atomic mass is 9.80. The number of anilines is 1. The number of amides is 1. The lowest BCUT2D eigenvalue weighted by Gasteiger charge is -2.41. The van der Waals surface area contributed by atoms with Gasteiger partial charge in [-0.3, -0.25) is 33.5 Å². The molecule has 310 valence electrons. The average Bonchev–Trinajstić information content (AvgIpc) is 3.76. The fourth-order valence-corrected chi connectivity index (χ4v) is 8.48. The Hall–Kier alpha value is -4.67. The van der Waals surface area contributed by atoms with E-state index in [1.807, 2.05) is 78.9 Å². The summed E-state index contributed by atoms with van der Waals surface area (Å²) in [5, 5.41) is 2.34. The largest absolute Gasteiger partial charge is 0.497 e. The molecule has 17 heteroatoms. The zero-order valence-electron chi connectivity index (χ0n) is 34.1. The number of carbonyl (C=O) groups excluding carboxylic acids is 1. The minimum atomic E-state index is -3.60. The number of nitrogens with one attached hydrogen (secondary N) is 2. The molecule has 3 heterocycles. The Morgan fingerprint density at radius 3 is 2.03 bits per heavy atom. The number of carbonyl (C=O) groups is 1. The van der Waals surface area contributed by atoms with Gasteiger partial charge in [0.2, 0.25) is 11.9 Å². The number of fused-ring (bicyclic) bond motifs is 1. The summed E-state index contributed by atoms with van der Waals surface area (Å²) in [6.45, 7) is 13.7. The molecule has 5 aromatic rings. The summed E-state index contributed by atoms with van der Waals surface area (Å²) in [6.07, 6.45) is -2.88. The normalized spacial score (nSPS) is 19.4. The Labute approximate surface area is 339 Å². The van der Waals surface area contributed by atoms with Gasteiger partial charge in [-0.1, -0.05) is 89.2 Å². The summed E-state index contributed by atoms with van der Waals surface area (Å²) in [6, 6.07) is 25.0. The van der Waals surface area contributed by atoms with Crippen molar-refractivity contribution in [2.75, 3.05) is 26.1 Å². The average molecular weight is 834 g/mol. The summed E-state index contributed by atoms with van der Waals surface area (Å²) in [5.41, 5.74) is 0.573. The number of nitrogens with zero attached hydrogens (tertiary/aromatic N) is 3. The quantitative estimate of drug-likeness (QED) is 0.0571. The Bertz CT molecular complexity index is 2230. The van der Waals surface area contributed by atoms with Gasteiger partial charge in [0, 0.05) is 5.92 Å². The number of methoxy groups -OCH3 is 2. The van der Waals surface area contributed by atoms with Crippen molar-refractivity contribution in [3.8, 4) is 11.5 Å². The first kappa shape index (κ1) is 42.9. The van der Waals surface area contributed by atoms with Gasteiger partial charge in [0.05, 0.1) is 27.2 Å². The predicted molar refractivity (Wildman–Crippen MR) is 222 cm³/mol. The molecule has 0 saturated carbocycles. The highest BCUT2D eigenvalue weighted by Gasteiger charge is 2.53. The summed E-state index contributed by atoms with van der Waals surface area (Å²) < 4.78 is 52.2. The number of aromatic amines is 1. The summed E-state index contributed by atoms with van der Waals surface area (Å²) in [7, 11) is -3.06. The Balaban J connectivity index is 1.51. The van der Waals surface area contributed by atoms with E-state index in [2.05, 4.69) is 54.1 Å². The number of rotatable bonds is 15. The van der Waals surface area contributed by atoms with Crippen LogP contribution in [0.5, 0.6) is 11.5 Å². The van der Waals surface area contributed by atoms with Crippen LogP contribution in [0.2, 0.25) is 18.1 Å². The van der Waals surface area contributed by atoms with Gasteiger partial charge < -0.3 is 28.3 Å². The van der Waals surface area contributed by atoms with E-state index in [0.717, 1.165) is 16.7 Å². The maximum absolute atomic E-state index is 13.2. The first-order valence-electron chi connectivity index (χ1n) is 19.0. The van der Waals surface area contributed by atoms with Crippen molar-refractivity contribution >= 4 is 39.6 Å². The van der Waals surface area contributed by atoms with Gasteiger partial charge in [-0.25, -0.2) is 4.98 Å². The van der Waals surface area contributed by atoms with Crippen molar-refractivity contribution in [3.63, 3.8) is 0 Å². The van der Waals surface area contributed by atoms with Crippen LogP contribution in [0.15, 0.2) is 90.0 Å². The number of hydrogen-bond acceptors (Lipinski definition) is 11. The minimum absolute atomic E-state index is 0.0368. The van der Waals surface area contributed by atoms with E-state index < -0.39 is 58.2 Å². The maximum atomic E-state index is 13.2. The second-order valence-electron chi connectivity index (χ2n) is 16.0. The van der Waals surface area contributed by atoms with Gasteiger partial charge in [0.1, 0.15) is 35.4 Å². The van der Waals surface area contributed by atoms with Crippen LogP contribution in [-0.4, -0.2) is 77.8 Å². The molecular formula is C41H52N5O10PSi. The van der Waals surface area contributed by atoms with E-state index >= 15 is 0 Å². The molecule has 1 aliphatic rings. The molecule has 1 amide bonds. The second kappa shape index (κ2) is 17.3. The van der Waals surface area contributed by atoms with Gasteiger partial charge in [0.25, 0.3) is 5.56 Å². The molecule has 2 aromatic heterocycles. The van der Waals surface area contributed by atoms with Crippen LogP contribution in [0.25, 0.3) is 11.2 Å². The molecule has 15 nitrogen and oxygen atoms in total. The van der Waals surface area contributed by atoms with Crippen LogP contribution in [0.3, 0.4) is 0 Å². The number of benzene rings is 3.